The second kappa shape index (κ2) is 18.7. The van der Waals surface area contributed by atoms with Crippen molar-refractivity contribution in [2.45, 2.75) is 115 Å². The zero-order chi connectivity index (χ0) is 41.6. The van der Waals surface area contributed by atoms with Gasteiger partial charge in [-0.05, 0) is 84.0 Å². The molecule has 2 bridgehead atoms. The Balaban J connectivity index is 1.08. The van der Waals surface area contributed by atoms with Crippen LogP contribution in [-0.2, 0) is 24.1 Å². The van der Waals surface area contributed by atoms with E-state index >= 15 is 0 Å². The molecule has 3 aromatic carbocycles. The molecule has 1 saturated carbocycles. The number of benzene rings is 3. The number of carbonyl (C=O) groups excluding carboxylic acids is 1. The van der Waals surface area contributed by atoms with Crippen molar-refractivity contribution in [2.24, 2.45) is 22.1 Å². The Hall–Kier alpha value is -5.04. The molecular weight excluding hydrogens is 753 g/mol. The molecule has 7 N–H and O–H groups in total. The number of aliphatic hydroxyl groups is 3. The van der Waals surface area contributed by atoms with Crippen LogP contribution in [0.2, 0.25) is 0 Å². The van der Waals surface area contributed by atoms with E-state index in [0.717, 1.165) is 89.1 Å². The van der Waals surface area contributed by atoms with Crippen LogP contribution in [0.3, 0.4) is 0 Å². The fraction of sp³-hybridized carbons (Fsp3) is 0.440. The van der Waals surface area contributed by atoms with E-state index in [0.29, 0.717) is 37.3 Å². The average molecular weight is 810 g/mol. The number of hydrogen-bond donors (Lipinski definition) is 6. The number of carbonyl (C=O) groups is 1. The first-order valence-electron chi connectivity index (χ1n) is 21.7. The molecule has 1 fully saturated rings. The summed E-state index contributed by atoms with van der Waals surface area (Å²) in [7, 11) is 0. The lowest BCUT2D eigenvalue weighted by molar-refractivity contribution is -0.888. The molecular formula is C50H57N4O6+. The number of nitrogens with zero attached hydrogens (tertiary/aromatic N) is 1. The lowest BCUT2D eigenvalue weighted by Crippen LogP contribution is -3.13. The third-order valence-corrected chi connectivity index (χ3v) is 12.7. The number of hydrogen-bond acceptors (Lipinski definition) is 9. The molecule has 5 aliphatic rings. The van der Waals surface area contributed by atoms with Crippen LogP contribution in [0.1, 0.15) is 105 Å². The molecule has 10 heteroatoms. The van der Waals surface area contributed by atoms with Gasteiger partial charge in [-0.15, -0.1) is 0 Å². The van der Waals surface area contributed by atoms with E-state index < -0.39 is 35.9 Å². The summed E-state index contributed by atoms with van der Waals surface area (Å²) < 4.78 is 13.3. The highest BCUT2D eigenvalue weighted by Gasteiger charge is 2.51. The fourth-order valence-corrected chi connectivity index (χ4v) is 9.46. The zero-order valence-electron chi connectivity index (χ0n) is 34.5. The van der Waals surface area contributed by atoms with Gasteiger partial charge in [0.2, 0.25) is 0 Å². The predicted octanol–water partition coefficient (Wildman–Crippen LogP) is 4.93. The molecule has 4 heterocycles. The number of ether oxygens (including phenoxy) is 2. The SMILES string of the molecule is CCC[C@H](O)C[C@@H](O)CC(=O)CCc1ccc2c(c1)O[C@@H]1[C@@H](C#C[C@H](O)c3ccc([C@H](N)NCCc4ccccc4)cc3CC3=CN=C4C[NH+]1C=C34)C1(C#CO2)CCCC1. The topological polar surface area (TPSA) is 151 Å². The summed E-state index contributed by atoms with van der Waals surface area (Å²) >= 11 is 0. The smallest absolute Gasteiger partial charge is 0.252 e. The predicted molar refractivity (Wildman–Crippen MR) is 231 cm³/mol. The van der Waals surface area contributed by atoms with E-state index in [4.69, 9.17) is 20.2 Å². The zero-order valence-corrected chi connectivity index (χ0v) is 34.5. The minimum absolute atomic E-state index is 0.0101. The first-order valence-corrected chi connectivity index (χ1v) is 21.7. The summed E-state index contributed by atoms with van der Waals surface area (Å²) in [6.07, 6.45) is 11.2. The number of nitrogens with two attached hydrogens (primary N) is 1. The Morgan fingerprint density at radius 3 is 2.67 bits per heavy atom. The summed E-state index contributed by atoms with van der Waals surface area (Å²) in [5.74, 6) is 11.0. The first-order chi connectivity index (χ1) is 29.2. The van der Waals surface area contributed by atoms with Crippen molar-refractivity contribution in [3.63, 3.8) is 0 Å². The normalized spacial score (nSPS) is 23.5. The maximum Gasteiger partial charge on any atom is 0.252 e. The van der Waals surface area contributed by atoms with Crippen LogP contribution in [0, 0.1) is 35.2 Å². The Morgan fingerprint density at radius 1 is 1.02 bits per heavy atom. The Kier molecular flexibility index (Phi) is 13.0. The van der Waals surface area contributed by atoms with Crippen molar-refractivity contribution >= 4 is 11.5 Å². The van der Waals surface area contributed by atoms with E-state index in [1.165, 1.54) is 5.56 Å². The van der Waals surface area contributed by atoms with Crippen LogP contribution in [0.25, 0.3) is 0 Å². The van der Waals surface area contributed by atoms with E-state index in [1.54, 1.807) is 0 Å². The van der Waals surface area contributed by atoms with Gasteiger partial charge < -0.3 is 30.5 Å². The van der Waals surface area contributed by atoms with Crippen molar-refractivity contribution in [3.8, 4) is 35.4 Å². The lowest BCUT2D eigenvalue weighted by atomic mass is 9.73. The fourth-order valence-electron chi connectivity index (χ4n) is 9.46. The Labute approximate surface area is 353 Å². The molecule has 312 valence electrons. The highest BCUT2D eigenvalue weighted by molar-refractivity contribution is 6.08. The van der Waals surface area contributed by atoms with E-state index in [-0.39, 0.29) is 31.2 Å². The molecule has 8 rings (SSSR count). The molecule has 0 amide bonds. The number of fused-ring (bicyclic) bond motifs is 6. The second-order valence-corrected chi connectivity index (χ2v) is 17.1. The van der Waals surface area contributed by atoms with Gasteiger partial charge in [-0.25, -0.2) is 0 Å². The quantitative estimate of drug-likeness (QED) is 0.0993. The van der Waals surface area contributed by atoms with Gasteiger partial charge in [0.15, 0.2) is 11.5 Å². The number of aryl methyl sites for hydroxylation is 1. The van der Waals surface area contributed by atoms with Gasteiger partial charge in [-0.1, -0.05) is 98.5 Å². The molecule has 3 aromatic rings. The van der Waals surface area contributed by atoms with E-state index in [1.807, 2.05) is 61.7 Å². The van der Waals surface area contributed by atoms with Crippen LogP contribution in [0.5, 0.6) is 11.5 Å². The van der Waals surface area contributed by atoms with Crippen molar-refractivity contribution in [1.82, 2.24) is 5.32 Å². The summed E-state index contributed by atoms with van der Waals surface area (Å²) in [5, 5.41) is 35.9. The highest BCUT2D eigenvalue weighted by Crippen LogP contribution is 2.47. The molecule has 0 aromatic heterocycles. The number of aliphatic imine (C=N–C) groups is 1. The summed E-state index contributed by atoms with van der Waals surface area (Å²) in [5.41, 5.74) is 14.1. The van der Waals surface area contributed by atoms with Gasteiger partial charge in [0.25, 0.3) is 6.23 Å². The summed E-state index contributed by atoms with van der Waals surface area (Å²) in [4.78, 5) is 18.9. The third-order valence-electron chi connectivity index (χ3n) is 12.7. The number of nitrogens with one attached hydrogen (secondary N) is 2. The standard InChI is InChI=1S/C50H56N4O6/c1-2-8-38(55)28-40(57)29-39(56)14-11-34-12-18-46-47(25-34)60-49-43(50(22-24-59-46)20-6-7-21-50)16-17-45(58)41-15-13-35(48(51)52-23-19-33-9-4-3-5-10-33)26-36(41)27-37-30-53-44-32-54(49)31-42(37)44/h3-5,9-10,12-13,15,18,25-26,30-31,38,40,43,45,48-49,52,55,57-58H,2,6-8,11,14,19-21,23,27-29,32,51H2,1H3/p+1/t38-,40+,43+,45-,48+,49+/m0/s1. The van der Waals surface area contributed by atoms with Crippen molar-refractivity contribution < 1.29 is 34.5 Å². The number of Topliss-reactive ketones (excluding diaryl/α,β-unsaturated/α-hetero) is 1. The molecule has 0 radical (unpaired) electrons. The highest BCUT2D eigenvalue weighted by atomic mass is 16.5. The van der Waals surface area contributed by atoms with Gasteiger partial charge in [-0.3, -0.25) is 20.0 Å². The van der Waals surface area contributed by atoms with Gasteiger partial charge in [0.05, 0.1) is 29.4 Å². The second-order valence-electron chi connectivity index (χ2n) is 17.1. The van der Waals surface area contributed by atoms with E-state index in [2.05, 4.69) is 53.6 Å². The largest absolute Gasteiger partial charge is 0.437 e. The van der Waals surface area contributed by atoms with Crippen molar-refractivity contribution in [3.05, 3.63) is 118 Å². The molecule has 1 spiro atoms. The molecule has 60 heavy (non-hydrogen) atoms. The molecule has 0 saturated heterocycles. The molecule has 4 aliphatic heterocycles. The molecule has 1 aliphatic carbocycles. The minimum atomic E-state index is -1.06. The monoisotopic (exact) mass is 809 g/mol. The first kappa shape index (κ1) is 41.7. The van der Waals surface area contributed by atoms with Crippen LogP contribution in [0.15, 0.2) is 95.3 Å². The van der Waals surface area contributed by atoms with Crippen LogP contribution in [-0.4, -0.2) is 58.3 Å². The number of rotatable bonds is 14. The van der Waals surface area contributed by atoms with Crippen LogP contribution < -0.4 is 25.4 Å². The number of quaternary nitrogens is 1. The van der Waals surface area contributed by atoms with Crippen LogP contribution >= 0.6 is 0 Å². The number of allylic oxidation sites excluding steroid dienone is 1. The number of aliphatic hydroxyl groups excluding tert-OH is 3. The third kappa shape index (κ3) is 9.46. The molecule has 1 unspecified atom stereocenters. The van der Waals surface area contributed by atoms with Gasteiger partial charge in [0.1, 0.15) is 42.4 Å². The van der Waals surface area contributed by atoms with Crippen LogP contribution in [0.4, 0.5) is 0 Å². The molecule has 10 nitrogen and oxygen atoms in total. The van der Waals surface area contributed by atoms with Crippen molar-refractivity contribution in [2.75, 3.05) is 13.1 Å². The summed E-state index contributed by atoms with van der Waals surface area (Å²) in [6.45, 7) is 3.31. The Morgan fingerprint density at radius 2 is 1.85 bits per heavy atom. The van der Waals surface area contributed by atoms with Crippen molar-refractivity contribution in [1.29, 1.82) is 0 Å². The van der Waals surface area contributed by atoms with E-state index in [9.17, 15) is 20.1 Å². The van der Waals surface area contributed by atoms with Gasteiger partial charge >= 0.3 is 0 Å². The van der Waals surface area contributed by atoms with Gasteiger partial charge in [0, 0.05) is 32.0 Å². The maximum absolute atomic E-state index is 12.9. The summed E-state index contributed by atoms with van der Waals surface area (Å²) in [6, 6.07) is 22.1. The number of ketones is 1. The lowest BCUT2D eigenvalue weighted by Gasteiger charge is -2.36. The Bertz CT molecular complexity index is 2270. The maximum atomic E-state index is 12.9. The van der Waals surface area contributed by atoms with Gasteiger partial charge in [-0.2, -0.15) is 0 Å². The molecule has 7 atom stereocenters. The average Bonchev–Trinajstić information content (AvgIpc) is 3.99. The minimum Gasteiger partial charge on any atom is -0.437 e.